The summed E-state index contributed by atoms with van der Waals surface area (Å²) in [6.45, 7) is 3.53. The Balaban J connectivity index is 2.11. The smallest absolute Gasteiger partial charge is 0.481 e. The van der Waals surface area contributed by atoms with Crippen LogP contribution in [0.25, 0.3) is 0 Å². The zero-order valence-electron chi connectivity index (χ0n) is 23.2. The number of phosphoric ester groups is 1. The van der Waals surface area contributed by atoms with Crippen molar-refractivity contribution in [3.8, 4) is 5.75 Å². The third-order valence-corrected chi connectivity index (χ3v) is 7.85. The minimum Gasteiger partial charge on any atom is -0.488 e. The van der Waals surface area contributed by atoms with Crippen LogP contribution in [0.4, 0.5) is 0 Å². The number of benzene rings is 1. The van der Waals surface area contributed by atoms with Gasteiger partial charge >= 0.3 is 15.6 Å². The van der Waals surface area contributed by atoms with Gasteiger partial charge in [-0.15, -0.1) is 0 Å². The average Bonchev–Trinajstić information content (AvgIpc) is 2.87. The molecule has 1 aromatic carbocycles. The molecule has 11 nitrogen and oxygen atoms in total. The van der Waals surface area contributed by atoms with Crippen molar-refractivity contribution in [1.29, 1.82) is 0 Å². The minimum absolute atomic E-state index is 0.0261. The molecule has 0 aliphatic heterocycles. The van der Waals surface area contributed by atoms with Gasteiger partial charge in [0, 0.05) is 0 Å². The Labute approximate surface area is 233 Å². The van der Waals surface area contributed by atoms with Gasteiger partial charge in [0.1, 0.15) is 11.9 Å². The fourth-order valence-corrected chi connectivity index (χ4v) is 5.32. The quantitative estimate of drug-likeness (QED) is 0.0805. The molecule has 0 amide bonds. The van der Waals surface area contributed by atoms with Gasteiger partial charge in [-0.3, -0.25) is 4.52 Å². The van der Waals surface area contributed by atoms with Crippen molar-refractivity contribution >= 4 is 15.6 Å². The number of hydrogen-bond acceptors (Lipinski definition) is 8. The minimum atomic E-state index is -5.13. The third-order valence-electron chi connectivity index (χ3n) is 5.67. The van der Waals surface area contributed by atoms with Gasteiger partial charge in [-0.25, -0.2) is 9.13 Å². The average molecular weight is 599 g/mol. The maximum Gasteiger partial charge on any atom is 0.481 e. The molecule has 39 heavy (non-hydrogen) atoms. The van der Waals surface area contributed by atoms with E-state index in [1.165, 1.54) is 57.8 Å². The Morgan fingerprint density at radius 3 is 1.77 bits per heavy atom. The Hall–Kier alpha value is -0.840. The second kappa shape index (κ2) is 22.8. The van der Waals surface area contributed by atoms with Crippen LogP contribution in [0, 0.1) is 0 Å². The highest BCUT2D eigenvalue weighted by molar-refractivity contribution is 7.60. The lowest BCUT2D eigenvalue weighted by atomic mass is 10.0. The molecule has 2 unspecified atom stereocenters. The molecule has 0 bridgehead atoms. The first-order chi connectivity index (χ1) is 18.7. The van der Waals surface area contributed by atoms with Gasteiger partial charge in [0.05, 0.1) is 46.2 Å². The summed E-state index contributed by atoms with van der Waals surface area (Å²) in [7, 11) is -9.96. The van der Waals surface area contributed by atoms with Gasteiger partial charge in [-0.05, 0) is 25.0 Å². The summed E-state index contributed by atoms with van der Waals surface area (Å²) < 4.78 is 52.5. The summed E-state index contributed by atoms with van der Waals surface area (Å²) in [4.78, 5) is 26.2. The lowest BCUT2D eigenvalue weighted by Gasteiger charge is -2.19. The summed E-state index contributed by atoms with van der Waals surface area (Å²) in [5.74, 6) is 0.835. The highest BCUT2D eigenvalue weighted by Gasteiger charge is 2.32. The van der Waals surface area contributed by atoms with E-state index in [1.54, 1.807) is 0 Å². The van der Waals surface area contributed by atoms with E-state index < -0.39 is 15.6 Å². The van der Waals surface area contributed by atoms with E-state index in [0.717, 1.165) is 18.6 Å². The van der Waals surface area contributed by atoms with Gasteiger partial charge in [0.25, 0.3) is 0 Å². The van der Waals surface area contributed by atoms with Crippen LogP contribution in [-0.2, 0) is 32.2 Å². The molecule has 0 aliphatic carbocycles. The van der Waals surface area contributed by atoms with Crippen molar-refractivity contribution in [3.63, 3.8) is 0 Å². The topological polar surface area (TPSA) is 150 Å². The summed E-state index contributed by atoms with van der Waals surface area (Å²) in [5.41, 5.74) is 0. The number of unbranched alkanes of at least 4 members (excludes halogenated alkanes) is 9. The Morgan fingerprint density at radius 2 is 1.21 bits per heavy atom. The molecule has 0 aromatic heterocycles. The molecule has 0 saturated carbocycles. The molecule has 0 aliphatic rings. The number of phosphoric acid groups is 2. The van der Waals surface area contributed by atoms with Crippen LogP contribution in [0.5, 0.6) is 5.75 Å². The van der Waals surface area contributed by atoms with Gasteiger partial charge in [-0.1, -0.05) is 82.9 Å². The second-order valence-corrected chi connectivity index (χ2v) is 12.0. The van der Waals surface area contributed by atoms with E-state index in [1.807, 2.05) is 30.3 Å². The van der Waals surface area contributed by atoms with Gasteiger partial charge in [0.15, 0.2) is 0 Å². The van der Waals surface area contributed by atoms with E-state index in [-0.39, 0.29) is 32.5 Å². The molecule has 3 N–H and O–H groups in total. The van der Waals surface area contributed by atoms with Crippen molar-refractivity contribution in [2.75, 3.05) is 46.2 Å². The Morgan fingerprint density at radius 1 is 0.692 bits per heavy atom. The predicted octanol–water partition coefficient (Wildman–Crippen LogP) is 6.02. The summed E-state index contributed by atoms with van der Waals surface area (Å²) in [6.07, 6.45) is 13.8. The first-order valence-corrected chi connectivity index (χ1v) is 16.9. The normalized spacial score (nSPS) is 14.3. The third kappa shape index (κ3) is 23.6. The maximum absolute atomic E-state index is 11.3. The van der Waals surface area contributed by atoms with E-state index in [9.17, 15) is 9.13 Å². The first kappa shape index (κ1) is 36.2. The molecule has 2 atom stereocenters. The molecule has 1 rings (SSSR count). The van der Waals surface area contributed by atoms with E-state index in [2.05, 4.69) is 15.8 Å². The maximum atomic E-state index is 11.3. The van der Waals surface area contributed by atoms with Gasteiger partial charge < -0.3 is 33.6 Å². The molecule has 0 fully saturated rings. The molecule has 0 heterocycles. The highest BCUT2D eigenvalue weighted by Crippen LogP contribution is 2.57. The monoisotopic (exact) mass is 598 g/mol. The summed E-state index contributed by atoms with van der Waals surface area (Å²) in [6, 6.07) is 9.76. The number of para-hydroxylation sites is 1. The van der Waals surface area contributed by atoms with Crippen molar-refractivity contribution in [3.05, 3.63) is 30.3 Å². The van der Waals surface area contributed by atoms with Crippen LogP contribution >= 0.6 is 15.6 Å². The number of hydrogen-bond donors (Lipinski definition) is 3. The lowest BCUT2D eigenvalue weighted by Crippen LogP contribution is -2.24. The van der Waals surface area contributed by atoms with Crippen molar-refractivity contribution in [2.45, 2.75) is 83.7 Å². The number of rotatable bonds is 27. The second-order valence-electron chi connectivity index (χ2n) is 9.20. The summed E-state index contributed by atoms with van der Waals surface area (Å²) >= 11 is 0. The molecule has 0 radical (unpaired) electrons. The molecule has 1 aromatic rings. The fourth-order valence-electron chi connectivity index (χ4n) is 3.75. The molecule has 13 heteroatoms. The summed E-state index contributed by atoms with van der Waals surface area (Å²) in [5, 5.41) is 0. The molecular weight excluding hydrogens is 550 g/mol. The predicted molar refractivity (Wildman–Crippen MR) is 149 cm³/mol. The van der Waals surface area contributed by atoms with Crippen LogP contribution < -0.4 is 4.74 Å². The zero-order chi connectivity index (χ0) is 28.7. The SMILES string of the molecule is CCCCCCCCCCCCC(COCCOCCOCCOP(=O)(O)OP(=O)(O)O)Oc1ccccc1. The lowest BCUT2D eigenvalue weighted by molar-refractivity contribution is -0.00955. The van der Waals surface area contributed by atoms with Crippen molar-refractivity contribution < 1.29 is 51.6 Å². The Kier molecular flexibility index (Phi) is 21.2. The highest BCUT2D eigenvalue weighted by atomic mass is 31.3. The van der Waals surface area contributed by atoms with Crippen LogP contribution in [0.1, 0.15) is 77.6 Å². The van der Waals surface area contributed by atoms with E-state index >= 15 is 0 Å². The van der Waals surface area contributed by atoms with Crippen LogP contribution in [-0.4, -0.2) is 67.0 Å². The van der Waals surface area contributed by atoms with Gasteiger partial charge in [0.2, 0.25) is 0 Å². The molecular formula is C26H48O11P2. The van der Waals surface area contributed by atoms with Crippen molar-refractivity contribution in [1.82, 2.24) is 0 Å². The standard InChI is InChI=1S/C26H48O11P2/c1-2-3-4-5-6-7-8-9-10-12-17-26(36-25-15-13-11-14-16-25)24-34-21-20-32-18-19-33-22-23-35-39(30,31)37-38(27,28)29/h11,13-16,26H,2-10,12,17-24H2,1H3,(H,30,31)(H2,27,28,29). The van der Waals surface area contributed by atoms with Crippen LogP contribution in [0.15, 0.2) is 30.3 Å². The zero-order valence-corrected chi connectivity index (χ0v) is 25.0. The largest absolute Gasteiger partial charge is 0.488 e. The first-order valence-electron chi connectivity index (χ1n) is 13.9. The van der Waals surface area contributed by atoms with E-state index in [0.29, 0.717) is 19.8 Å². The van der Waals surface area contributed by atoms with E-state index in [4.69, 9.17) is 33.6 Å². The molecule has 0 spiro atoms. The molecule has 228 valence electrons. The number of ether oxygens (including phenoxy) is 4. The fraction of sp³-hybridized carbons (Fsp3) is 0.769. The van der Waals surface area contributed by atoms with Gasteiger partial charge in [-0.2, -0.15) is 4.31 Å². The Bertz CT molecular complexity index is 791. The molecule has 0 saturated heterocycles. The van der Waals surface area contributed by atoms with Crippen molar-refractivity contribution in [2.24, 2.45) is 0 Å². The van der Waals surface area contributed by atoms with Crippen LogP contribution in [0.3, 0.4) is 0 Å². The van der Waals surface area contributed by atoms with Crippen LogP contribution in [0.2, 0.25) is 0 Å².